The number of hydrogen-bond acceptors (Lipinski definition) is 0. The quantitative estimate of drug-likeness (QED) is 0.151. The van der Waals surface area contributed by atoms with Gasteiger partial charge >= 0.3 is 0 Å². The molecule has 0 heteroatoms. The summed E-state index contributed by atoms with van der Waals surface area (Å²) in [6.45, 7) is 13.9. The largest absolute Gasteiger partial charge is 0.0955 e. The monoisotopic (exact) mass is 893 g/mol. The molecule has 0 nitrogen and oxygen atoms in total. The molecule has 0 amide bonds. The van der Waals surface area contributed by atoms with Gasteiger partial charge in [-0.2, -0.15) is 0 Å². The molecule has 8 saturated carbocycles. The van der Waals surface area contributed by atoms with Gasteiger partial charge in [0.15, 0.2) is 0 Å². The molecular formula is C69H64. The van der Waals surface area contributed by atoms with Crippen LogP contribution < -0.4 is 5.22 Å². The molecule has 0 N–H and O–H groups in total. The topological polar surface area (TPSA) is 0 Å². The van der Waals surface area contributed by atoms with Crippen LogP contribution in [0.5, 0.6) is 0 Å². The average molecular weight is 893 g/mol. The maximum Gasteiger partial charge on any atom is 0.0159 e. The molecule has 9 aromatic rings. The molecule has 0 unspecified atom stereocenters. The van der Waals surface area contributed by atoms with Gasteiger partial charge in [0.05, 0.1) is 0 Å². The third kappa shape index (κ3) is 5.53. The van der Waals surface area contributed by atoms with Crippen LogP contribution in [0, 0.1) is 42.4 Å². The fourth-order valence-corrected chi connectivity index (χ4v) is 18.7. The smallest absolute Gasteiger partial charge is 0.0159 e. The first-order chi connectivity index (χ1) is 33.5. The predicted octanol–water partition coefficient (Wildman–Crippen LogP) is 17.7. The molecule has 0 atom stereocenters. The SMILES string of the molecule is C=C(C)c1ccc2cc(C34CC5CC(CC(C5)C3)C4)cc3cc/c(=C\c4ccc5c(c4)C(C)(C)c4cc(-c6cc(C)c7ccc8cc(C9%10CC%11CC(CC(C%11)C9)C%10)cc9ccc6c7c89)ccc4-5)c1c23. The molecule has 0 heterocycles. The van der Waals surface area contributed by atoms with E-state index in [9.17, 15) is 0 Å². The number of aryl methyl sites for hydroxylation is 1. The Morgan fingerprint density at radius 3 is 1.51 bits per heavy atom. The molecule has 0 saturated heterocycles. The zero-order valence-electron chi connectivity index (χ0n) is 41.2. The van der Waals surface area contributed by atoms with Gasteiger partial charge < -0.3 is 0 Å². The Kier molecular flexibility index (Phi) is 7.88. The lowest BCUT2D eigenvalue weighted by atomic mass is 9.48. The van der Waals surface area contributed by atoms with Crippen molar-refractivity contribution >= 4 is 65.5 Å². The first kappa shape index (κ1) is 40.1. The van der Waals surface area contributed by atoms with Crippen LogP contribution in [-0.2, 0) is 16.2 Å². The lowest BCUT2D eigenvalue weighted by Crippen LogP contribution is -2.48. The Morgan fingerprint density at radius 2 is 0.957 bits per heavy atom. The second-order valence-corrected chi connectivity index (χ2v) is 25.6. The van der Waals surface area contributed by atoms with E-state index in [1.54, 1.807) is 11.1 Å². The zero-order chi connectivity index (χ0) is 45.9. The van der Waals surface area contributed by atoms with Gasteiger partial charge in [-0.15, -0.1) is 0 Å². The van der Waals surface area contributed by atoms with E-state index in [0.29, 0.717) is 10.8 Å². The van der Waals surface area contributed by atoms with Gasteiger partial charge in [0.1, 0.15) is 0 Å². The fourth-order valence-electron chi connectivity index (χ4n) is 18.7. The van der Waals surface area contributed by atoms with Crippen molar-refractivity contribution in [1.29, 1.82) is 0 Å². The van der Waals surface area contributed by atoms with Crippen LogP contribution in [0.4, 0.5) is 0 Å². The first-order valence-corrected chi connectivity index (χ1v) is 27.2. The van der Waals surface area contributed by atoms with Crippen LogP contribution in [-0.4, -0.2) is 0 Å². The summed E-state index contributed by atoms with van der Waals surface area (Å²) < 4.78 is 0. The van der Waals surface area contributed by atoms with Gasteiger partial charge in [-0.05, 0) is 270 Å². The van der Waals surface area contributed by atoms with Gasteiger partial charge in [0.25, 0.3) is 0 Å². The highest BCUT2D eigenvalue weighted by Gasteiger charge is 2.53. The lowest BCUT2D eigenvalue weighted by Gasteiger charge is -2.57. The molecule has 18 rings (SSSR count). The second kappa shape index (κ2) is 13.6. The zero-order valence-corrected chi connectivity index (χ0v) is 41.2. The van der Waals surface area contributed by atoms with Crippen molar-refractivity contribution in [1.82, 2.24) is 0 Å². The molecule has 0 aliphatic heterocycles. The van der Waals surface area contributed by atoms with Crippen LogP contribution in [0.25, 0.3) is 87.8 Å². The molecule has 69 heavy (non-hydrogen) atoms. The van der Waals surface area contributed by atoms with Gasteiger partial charge in [0, 0.05) is 5.41 Å². The lowest BCUT2D eigenvalue weighted by molar-refractivity contribution is -0.00520. The van der Waals surface area contributed by atoms with Gasteiger partial charge in [-0.25, -0.2) is 0 Å². The highest BCUT2D eigenvalue weighted by molar-refractivity contribution is 6.26. The Labute approximate surface area is 408 Å². The molecule has 0 spiro atoms. The number of fused-ring (bicyclic) bond motifs is 3. The molecular weight excluding hydrogens is 829 g/mol. The molecule has 8 bridgehead atoms. The van der Waals surface area contributed by atoms with Gasteiger partial charge in [0.2, 0.25) is 0 Å². The van der Waals surface area contributed by atoms with Crippen molar-refractivity contribution in [2.75, 3.05) is 0 Å². The van der Waals surface area contributed by atoms with Gasteiger partial charge in [-0.3, -0.25) is 0 Å². The summed E-state index contributed by atoms with van der Waals surface area (Å²) in [5.74, 6) is 5.66. The first-order valence-electron chi connectivity index (χ1n) is 27.2. The average Bonchev–Trinajstić information content (AvgIpc) is 3.55. The Morgan fingerprint density at radius 1 is 0.478 bits per heavy atom. The van der Waals surface area contributed by atoms with E-state index < -0.39 is 0 Å². The van der Waals surface area contributed by atoms with E-state index in [4.69, 9.17) is 0 Å². The third-order valence-corrected chi connectivity index (χ3v) is 20.9. The van der Waals surface area contributed by atoms with E-state index in [2.05, 4.69) is 156 Å². The summed E-state index contributed by atoms with van der Waals surface area (Å²) in [5.41, 5.74) is 17.2. The van der Waals surface area contributed by atoms with Crippen molar-refractivity contribution in [2.45, 2.75) is 121 Å². The number of hydrogen-bond donors (Lipinski definition) is 0. The Hall–Kier alpha value is -5.72. The minimum absolute atomic E-state index is 0.146. The summed E-state index contributed by atoms with van der Waals surface area (Å²) in [6, 6.07) is 47.1. The summed E-state index contributed by atoms with van der Waals surface area (Å²) >= 11 is 0. The van der Waals surface area contributed by atoms with Crippen LogP contribution in [0.3, 0.4) is 0 Å². The summed E-state index contributed by atoms with van der Waals surface area (Å²) in [4.78, 5) is 0. The van der Waals surface area contributed by atoms with E-state index in [1.165, 1.54) is 186 Å². The Balaban J connectivity index is 0.779. The molecule has 9 aliphatic rings. The highest BCUT2D eigenvalue weighted by Crippen LogP contribution is 2.63. The van der Waals surface area contributed by atoms with Crippen molar-refractivity contribution in [3.05, 3.63) is 166 Å². The Bertz CT molecular complexity index is 3700. The van der Waals surface area contributed by atoms with E-state index in [1.807, 2.05) is 0 Å². The minimum atomic E-state index is -0.146. The maximum atomic E-state index is 4.52. The van der Waals surface area contributed by atoms with Crippen molar-refractivity contribution in [2.24, 2.45) is 35.5 Å². The molecule has 340 valence electrons. The van der Waals surface area contributed by atoms with Crippen LogP contribution in [0.2, 0.25) is 0 Å². The van der Waals surface area contributed by atoms with Crippen molar-refractivity contribution in [3.8, 4) is 22.3 Å². The standard InChI is InChI=1S/C69H64/c1-38(2)55-14-10-50-28-53(68-32-41-19-42(33-68)21-43(20-41)34-68)27-49-8-7-48(65(55)63(49)50)25-40-6-13-57-58-16-9-47(31-62(58)67(4,5)61(57)26-40)60-18-39(3)56-15-11-51-29-54(30-52-12-17-59(60)66(56)64(51)52)69-35-44-22-45(36-69)24-46(23-44)37-69/h6-18,25-31,41-46H,1,19-24,32-37H2,2-5H3/b48-25+. The maximum absolute atomic E-state index is 4.52. The minimum Gasteiger partial charge on any atom is -0.0955 e. The number of benzene rings is 9. The molecule has 9 aromatic carbocycles. The number of rotatable bonds is 5. The second-order valence-electron chi connectivity index (χ2n) is 25.6. The highest BCUT2D eigenvalue weighted by atomic mass is 14.6. The summed E-state index contributed by atoms with van der Waals surface area (Å²) in [6.07, 6.45) is 19.8. The molecule has 0 aromatic heterocycles. The van der Waals surface area contributed by atoms with Crippen LogP contribution in [0.1, 0.15) is 137 Å². The summed E-state index contributed by atoms with van der Waals surface area (Å²) in [7, 11) is 0. The fraction of sp³-hybridized carbons (Fsp3) is 0.362. The van der Waals surface area contributed by atoms with E-state index >= 15 is 0 Å². The predicted molar refractivity (Wildman–Crippen MR) is 293 cm³/mol. The van der Waals surface area contributed by atoms with E-state index in [-0.39, 0.29) is 5.41 Å². The van der Waals surface area contributed by atoms with Crippen molar-refractivity contribution < 1.29 is 0 Å². The van der Waals surface area contributed by atoms with Crippen LogP contribution in [0.15, 0.2) is 122 Å². The molecule has 8 fully saturated rings. The van der Waals surface area contributed by atoms with Crippen molar-refractivity contribution in [3.63, 3.8) is 0 Å². The normalized spacial score (nSPS) is 29.4. The van der Waals surface area contributed by atoms with Gasteiger partial charge in [-0.1, -0.05) is 135 Å². The number of allylic oxidation sites excluding steroid dienone is 1. The summed E-state index contributed by atoms with van der Waals surface area (Å²) in [5, 5.41) is 15.4. The van der Waals surface area contributed by atoms with Crippen LogP contribution >= 0.6 is 0 Å². The third-order valence-electron chi connectivity index (χ3n) is 20.9. The molecule has 9 aliphatic carbocycles. The molecule has 0 radical (unpaired) electrons. The van der Waals surface area contributed by atoms with E-state index in [0.717, 1.165) is 41.1 Å².